The highest BCUT2D eigenvalue weighted by molar-refractivity contribution is 7.90. The number of rotatable bonds is 7. The van der Waals surface area contributed by atoms with Crippen molar-refractivity contribution in [2.75, 3.05) is 18.3 Å². The fraction of sp³-hybridized carbons (Fsp3) is 0.385. The average Bonchev–Trinajstić information content (AvgIpc) is 2.98. The summed E-state index contributed by atoms with van der Waals surface area (Å²) in [5.41, 5.74) is 1.26. The highest BCUT2D eigenvalue weighted by Crippen LogP contribution is 2.20. The highest BCUT2D eigenvalue weighted by atomic mass is 32.2. The van der Waals surface area contributed by atoms with E-state index in [9.17, 15) is 8.42 Å². The lowest BCUT2D eigenvalue weighted by Crippen LogP contribution is -2.33. The van der Waals surface area contributed by atoms with Gasteiger partial charge in [0, 0.05) is 19.2 Å². The van der Waals surface area contributed by atoms with Gasteiger partial charge in [-0.2, -0.15) is 17.8 Å². The predicted molar refractivity (Wildman–Crippen MR) is 81.9 cm³/mol. The van der Waals surface area contributed by atoms with Crippen LogP contribution in [0.3, 0.4) is 0 Å². The van der Waals surface area contributed by atoms with Crippen LogP contribution in [0.1, 0.15) is 19.8 Å². The number of nitrogens with one attached hydrogen (secondary N) is 2. The van der Waals surface area contributed by atoms with Crippen molar-refractivity contribution in [2.24, 2.45) is 0 Å². The molecule has 8 heteroatoms. The van der Waals surface area contributed by atoms with E-state index in [1.807, 2.05) is 13.0 Å². The molecule has 0 fully saturated rings. The van der Waals surface area contributed by atoms with Gasteiger partial charge in [-0.15, -0.1) is 0 Å². The molecular weight excluding hydrogens is 290 g/mol. The maximum atomic E-state index is 12.2. The number of hydrogen-bond donors (Lipinski definition) is 2. The van der Waals surface area contributed by atoms with Crippen molar-refractivity contribution in [1.29, 1.82) is 0 Å². The molecule has 0 saturated carbocycles. The maximum Gasteiger partial charge on any atom is 0.301 e. The first-order chi connectivity index (χ1) is 10.0. The quantitative estimate of drug-likeness (QED) is 0.816. The third-order valence-electron chi connectivity index (χ3n) is 3.03. The molecular formula is C13H19N5O2S. The number of benzene rings is 1. The van der Waals surface area contributed by atoms with E-state index >= 15 is 0 Å². The Morgan fingerprint density at radius 1 is 1.38 bits per heavy atom. The van der Waals surface area contributed by atoms with E-state index < -0.39 is 10.2 Å². The zero-order valence-electron chi connectivity index (χ0n) is 12.1. The third-order valence-corrected chi connectivity index (χ3v) is 4.53. The van der Waals surface area contributed by atoms with E-state index in [1.54, 1.807) is 25.2 Å². The van der Waals surface area contributed by atoms with Crippen molar-refractivity contribution in [3.63, 3.8) is 0 Å². The fourth-order valence-corrected chi connectivity index (χ4v) is 2.75. The van der Waals surface area contributed by atoms with Crippen LogP contribution < -0.4 is 4.72 Å². The van der Waals surface area contributed by atoms with E-state index in [4.69, 9.17) is 0 Å². The summed E-state index contributed by atoms with van der Waals surface area (Å²) >= 11 is 0. The lowest BCUT2D eigenvalue weighted by molar-refractivity contribution is 0.463. The minimum atomic E-state index is -3.53. The standard InChI is InChI=1S/C13H19N5O2S/c1-3-4-8-18(2)21(19,20)17-12-7-5-6-11(9-12)13-14-10-15-16-13/h5-7,9-10,17H,3-4,8H2,1-2H3,(H,14,15,16). The minimum Gasteiger partial charge on any atom is -0.271 e. The van der Waals surface area contributed by atoms with Crippen molar-refractivity contribution >= 4 is 15.9 Å². The summed E-state index contributed by atoms with van der Waals surface area (Å²) in [7, 11) is -1.97. The molecule has 0 spiro atoms. The van der Waals surface area contributed by atoms with Gasteiger partial charge in [-0.05, 0) is 18.6 Å². The van der Waals surface area contributed by atoms with E-state index in [0.717, 1.165) is 18.4 Å². The molecule has 0 atom stereocenters. The fourth-order valence-electron chi connectivity index (χ4n) is 1.80. The molecule has 2 aromatic rings. The Morgan fingerprint density at radius 2 is 2.19 bits per heavy atom. The zero-order valence-corrected chi connectivity index (χ0v) is 12.9. The molecule has 7 nitrogen and oxygen atoms in total. The first-order valence-electron chi connectivity index (χ1n) is 6.73. The van der Waals surface area contributed by atoms with Gasteiger partial charge in [-0.25, -0.2) is 4.98 Å². The summed E-state index contributed by atoms with van der Waals surface area (Å²) in [5.74, 6) is 0.593. The van der Waals surface area contributed by atoms with Gasteiger partial charge < -0.3 is 0 Å². The Kier molecular flexibility index (Phi) is 4.92. The summed E-state index contributed by atoms with van der Waals surface area (Å²) in [6, 6.07) is 7.01. The van der Waals surface area contributed by atoms with Crippen molar-refractivity contribution in [3.8, 4) is 11.4 Å². The number of hydrogen-bond acceptors (Lipinski definition) is 4. The summed E-state index contributed by atoms with van der Waals surface area (Å²) < 4.78 is 28.2. The molecule has 0 aliphatic carbocycles. The van der Waals surface area contributed by atoms with Gasteiger partial charge in [0.1, 0.15) is 6.33 Å². The molecule has 1 aromatic carbocycles. The predicted octanol–water partition coefficient (Wildman–Crippen LogP) is 1.86. The van der Waals surface area contributed by atoms with Crippen LogP contribution in [0.4, 0.5) is 5.69 Å². The molecule has 0 aliphatic rings. The smallest absolute Gasteiger partial charge is 0.271 e. The minimum absolute atomic E-state index is 0.493. The molecule has 2 rings (SSSR count). The maximum absolute atomic E-state index is 12.2. The number of unbranched alkanes of at least 4 members (excludes halogenated alkanes) is 1. The zero-order chi connectivity index (χ0) is 15.3. The van der Waals surface area contributed by atoms with Gasteiger partial charge in [0.2, 0.25) is 0 Å². The largest absolute Gasteiger partial charge is 0.301 e. The number of aromatic amines is 1. The molecule has 0 bridgehead atoms. The lowest BCUT2D eigenvalue weighted by atomic mass is 10.2. The van der Waals surface area contributed by atoms with Crippen molar-refractivity contribution in [3.05, 3.63) is 30.6 Å². The van der Waals surface area contributed by atoms with Crippen LogP contribution in [0.15, 0.2) is 30.6 Å². The van der Waals surface area contributed by atoms with E-state index in [1.165, 1.54) is 10.6 Å². The Balaban J connectivity index is 2.14. The molecule has 21 heavy (non-hydrogen) atoms. The first-order valence-corrected chi connectivity index (χ1v) is 8.17. The third kappa shape index (κ3) is 4.02. The molecule has 0 aliphatic heterocycles. The second-order valence-electron chi connectivity index (χ2n) is 4.70. The Morgan fingerprint density at radius 3 is 2.86 bits per heavy atom. The van der Waals surface area contributed by atoms with Gasteiger partial charge in [-0.1, -0.05) is 25.5 Å². The molecule has 114 valence electrons. The van der Waals surface area contributed by atoms with Gasteiger partial charge in [-0.3, -0.25) is 9.82 Å². The van der Waals surface area contributed by atoms with Crippen molar-refractivity contribution < 1.29 is 8.42 Å². The lowest BCUT2D eigenvalue weighted by Gasteiger charge is -2.18. The molecule has 1 heterocycles. The van der Waals surface area contributed by atoms with Gasteiger partial charge in [0.25, 0.3) is 0 Å². The Labute approximate surface area is 124 Å². The van der Waals surface area contributed by atoms with E-state index in [0.29, 0.717) is 18.1 Å². The van der Waals surface area contributed by atoms with Crippen LogP contribution >= 0.6 is 0 Å². The van der Waals surface area contributed by atoms with Crippen LogP contribution in [-0.2, 0) is 10.2 Å². The number of anilines is 1. The first kappa shape index (κ1) is 15.5. The monoisotopic (exact) mass is 309 g/mol. The second-order valence-corrected chi connectivity index (χ2v) is 6.47. The molecule has 0 unspecified atom stereocenters. The molecule has 2 N–H and O–H groups in total. The summed E-state index contributed by atoms with van der Waals surface area (Å²) in [6.07, 6.45) is 3.18. The normalized spacial score (nSPS) is 11.8. The summed E-state index contributed by atoms with van der Waals surface area (Å²) in [6.45, 7) is 2.52. The van der Waals surface area contributed by atoms with Gasteiger partial charge in [0.05, 0.1) is 5.69 Å². The number of aromatic nitrogens is 3. The Hall–Kier alpha value is -1.93. The topological polar surface area (TPSA) is 91.0 Å². The summed E-state index contributed by atoms with van der Waals surface area (Å²) in [5, 5.41) is 6.53. The van der Waals surface area contributed by atoms with Crippen LogP contribution in [0.5, 0.6) is 0 Å². The van der Waals surface area contributed by atoms with E-state index in [2.05, 4.69) is 19.9 Å². The molecule has 0 radical (unpaired) electrons. The highest BCUT2D eigenvalue weighted by Gasteiger charge is 2.17. The average molecular weight is 309 g/mol. The second kappa shape index (κ2) is 6.68. The van der Waals surface area contributed by atoms with Crippen molar-refractivity contribution in [2.45, 2.75) is 19.8 Å². The van der Waals surface area contributed by atoms with Gasteiger partial charge in [0.15, 0.2) is 5.82 Å². The molecule has 0 saturated heterocycles. The molecule has 1 aromatic heterocycles. The number of nitrogens with zero attached hydrogens (tertiary/aromatic N) is 3. The Bertz CT molecular complexity index is 670. The summed E-state index contributed by atoms with van der Waals surface area (Å²) in [4.78, 5) is 4.05. The van der Waals surface area contributed by atoms with Crippen molar-refractivity contribution in [1.82, 2.24) is 19.5 Å². The van der Waals surface area contributed by atoms with Crippen LogP contribution in [-0.4, -0.2) is 41.5 Å². The SMILES string of the molecule is CCCCN(C)S(=O)(=O)Nc1cccc(-c2ncn[nH]2)c1. The van der Waals surface area contributed by atoms with Crippen LogP contribution in [0.25, 0.3) is 11.4 Å². The number of H-pyrrole nitrogens is 1. The van der Waals surface area contributed by atoms with Crippen LogP contribution in [0, 0.1) is 0 Å². The molecule has 0 amide bonds. The van der Waals surface area contributed by atoms with Crippen LogP contribution in [0.2, 0.25) is 0 Å². The van der Waals surface area contributed by atoms with E-state index in [-0.39, 0.29) is 0 Å². The van der Waals surface area contributed by atoms with Gasteiger partial charge >= 0.3 is 10.2 Å².